The summed E-state index contributed by atoms with van der Waals surface area (Å²) in [4.78, 5) is 18.4. The van der Waals surface area contributed by atoms with Crippen LogP contribution in [0.3, 0.4) is 0 Å². The summed E-state index contributed by atoms with van der Waals surface area (Å²) in [5.41, 5.74) is 5.16. The normalized spacial score (nSPS) is 16.7. The van der Waals surface area contributed by atoms with Crippen molar-refractivity contribution in [3.05, 3.63) is 111 Å². The molecule has 2 aromatic heterocycles. The molecule has 200 valence electrons. The molecule has 0 saturated carbocycles. The maximum atomic E-state index is 12.0. The smallest absolute Gasteiger partial charge is 0.296 e. The van der Waals surface area contributed by atoms with E-state index >= 15 is 0 Å². The van der Waals surface area contributed by atoms with Gasteiger partial charge in [-0.1, -0.05) is 18.2 Å². The summed E-state index contributed by atoms with van der Waals surface area (Å²) in [7, 11) is 3.14. The fourth-order valence-corrected chi connectivity index (χ4v) is 5.57. The molecule has 0 amide bonds. The van der Waals surface area contributed by atoms with Crippen molar-refractivity contribution in [1.82, 2.24) is 19.8 Å². The summed E-state index contributed by atoms with van der Waals surface area (Å²) in [5, 5.41) is 16.1. The molecule has 0 radical (unpaired) electrons. The maximum Gasteiger partial charge on any atom is 0.296 e. The molecule has 2 aromatic carbocycles. The highest BCUT2D eigenvalue weighted by Gasteiger charge is 2.41. The van der Waals surface area contributed by atoms with Crippen molar-refractivity contribution >= 4 is 23.0 Å². The second-order valence-electron chi connectivity index (χ2n) is 9.38. The zero-order valence-electron chi connectivity index (χ0n) is 22.1. The fourth-order valence-electron chi connectivity index (χ4n) is 5.27. The van der Waals surface area contributed by atoms with Crippen molar-refractivity contribution in [2.45, 2.75) is 32.5 Å². The van der Waals surface area contributed by atoms with Crippen LogP contribution in [-0.2, 0) is 6.54 Å². The van der Waals surface area contributed by atoms with Crippen LogP contribution in [0.4, 0.5) is 5.69 Å². The Labute approximate surface area is 232 Å². The maximum absolute atomic E-state index is 12.0. The minimum atomic E-state index is -0.380. The Balaban J connectivity index is 1.63. The van der Waals surface area contributed by atoms with Gasteiger partial charge in [-0.25, -0.2) is 0 Å². The number of ether oxygens (including phenoxy) is 2. The highest BCUT2D eigenvalue weighted by Crippen LogP contribution is 2.43. The summed E-state index contributed by atoms with van der Waals surface area (Å²) in [6, 6.07) is 20.3. The summed E-state index contributed by atoms with van der Waals surface area (Å²) in [5.74, 6) is 1.22. The number of rotatable bonds is 8. The van der Waals surface area contributed by atoms with Crippen molar-refractivity contribution in [1.29, 1.82) is 0 Å². The standard InChI is InChI=1S/C29H29N5O4S/c1-18-15-23(19(2)33(18)25-13-12-22(38-4)16-26(25)34(35)36)28-27(24-7-5-6-14-30-24)31-29(39)32(28)17-20-8-10-21(37-3)11-9-20/h5-16,27-28H,17H2,1-4H3,(H,31,39)/t27-,28-/m1/s1. The van der Waals surface area contributed by atoms with Gasteiger partial charge in [0.2, 0.25) is 0 Å². The largest absolute Gasteiger partial charge is 0.497 e. The van der Waals surface area contributed by atoms with Gasteiger partial charge in [-0.05, 0) is 79.7 Å². The predicted octanol–water partition coefficient (Wildman–Crippen LogP) is 5.59. The number of hydrogen-bond acceptors (Lipinski definition) is 6. The molecular formula is C29H29N5O4S. The lowest BCUT2D eigenvalue weighted by Gasteiger charge is -2.28. The van der Waals surface area contributed by atoms with Crippen molar-refractivity contribution in [2.24, 2.45) is 0 Å². The molecule has 2 atom stereocenters. The molecule has 3 heterocycles. The predicted molar refractivity (Wildman–Crippen MR) is 152 cm³/mol. The van der Waals surface area contributed by atoms with E-state index in [-0.39, 0.29) is 22.7 Å². The Morgan fingerprint density at radius 2 is 1.74 bits per heavy atom. The van der Waals surface area contributed by atoms with Crippen LogP contribution in [0, 0.1) is 24.0 Å². The van der Waals surface area contributed by atoms with Crippen LogP contribution in [0.1, 0.15) is 40.3 Å². The van der Waals surface area contributed by atoms with Gasteiger partial charge in [-0.15, -0.1) is 0 Å². The van der Waals surface area contributed by atoms with Crippen molar-refractivity contribution in [2.75, 3.05) is 14.2 Å². The number of nitrogens with zero attached hydrogens (tertiary/aromatic N) is 4. The average Bonchev–Trinajstić information content (AvgIpc) is 3.43. The van der Waals surface area contributed by atoms with Crippen LogP contribution in [-0.4, -0.2) is 38.7 Å². The number of nitro benzene ring substituents is 1. The van der Waals surface area contributed by atoms with Gasteiger partial charge >= 0.3 is 0 Å². The Kier molecular flexibility index (Phi) is 7.21. The molecule has 0 spiro atoms. The second-order valence-corrected chi connectivity index (χ2v) is 9.76. The molecule has 9 nitrogen and oxygen atoms in total. The van der Waals surface area contributed by atoms with Crippen LogP contribution in [0.15, 0.2) is 72.9 Å². The van der Waals surface area contributed by atoms with E-state index < -0.39 is 0 Å². The molecule has 4 aromatic rings. The Morgan fingerprint density at radius 3 is 2.38 bits per heavy atom. The van der Waals surface area contributed by atoms with Crippen molar-refractivity contribution in [3.8, 4) is 17.2 Å². The molecule has 39 heavy (non-hydrogen) atoms. The Bertz CT molecular complexity index is 1520. The first-order valence-corrected chi connectivity index (χ1v) is 12.9. The molecule has 0 aliphatic carbocycles. The highest BCUT2D eigenvalue weighted by atomic mass is 32.1. The molecule has 5 rings (SSSR count). The van der Waals surface area contributed by atoms with Gasteiger partial charge in [0.25, 0.3) is 5.69 Å². The minimum absolute atomic E-state index is 0.0286. The summed E-state index contributed by atoms with van der Waals surface area (Å²) in [6.07, 6.45) is 1.77. The van der Waals surface area contributed by atoms with Crippen molar-refractivity contribution < 1.29 is 14.4 Å². The number of aryl methyl sites for hydroxylation is 1. The monoisotopic (exact) mass is 543 g/mol. The van der Waals surface area contributed by atoms with Gasteiger partial charge in [0, 0.05) is 24.1 Å². The number of nitro groups is 1. The van der Waals surface area contributed by atoms with Gasteiger partial charge in [0.1, 0.15) is 17.2 Å². The van der Waals surface area contributed by atoms with Crippen LogP contribution in [0.2, 0.25) is 0 Å². The molecule has 1 aliphatic rings. The van der Waals surface area contributed by atoms with E-state index in [1.54, 1.807) is 25.4 Å². The lowest BCUT2D eigenvalue weighted by molar-refractivity contribution is -0.384. The zero-order valence-corrected chi connectivity index (χ0v) is 22.9. The molecule has 0 bridgehead atoms. The third-order valence-corrected chi connectivity index (χ3v) is 7.47. The number of benzene rings is 2. The van der Waals surface area contributed by atoms with Gasteiger partial charge < -0.3 is 24.3 Å². The number of hydrogen-bond donors (Lipinski definition) is 1. The first-order chi connectivity index (χ1) is 18.8. The van der Waals surface area contributed by atoms with E-state index in [1.807, 2.05) is 60.9 Å². The molecule has 1 saturated heterocycles. The van der Waals surface area contributed by atoms with Crippen LogP contribution >= 0.6 is 12.2 Å². The van der Waals surface area contributed by atoms with Crippen LogP contribution in [0.5, 0.6) is 11.5 Å². The summed E-state index contributed by atoms with van der Waals surface area (Å²) >= 11 is 5.85. The SMILES string of the molecule is COc1ccc(CN2C(=S)N[C@H](c3ccccn3)[C@H]2c2cc(C)n(-c3ccc(OC)cc3[N+](=O)[O-])c2C)cc1. The first-order valence-electron chi connectivity index (χ1n) is 12.4. The molecule has 1 fully saturated rings. The van der Waals surface area contributed by atoms with Gasteiger partial charge in [0.15, 0.2) is 5.11 Å². The van der Waals surface area contributed by atoms with E-state index in [0.717, 1.165) is 34.0 Å². The first kappa shape index (κ1) is 26.2. The summed E-state index contributed by atoms with van der Waals surface area (Å²) in [6.45, 7) is 4.50. The topological polar surface area (TPSA) is 94.7 Å². The number of methoxy groups -OCH3 is 2. The lowest BCUT2D eigenvalue weighted by Crippen LogP contribution is -2.29. The lowest BCUT2D eigenvalue weighted by atomic mass is 9.96. The Hall–Kier alpha value is -4.44. The number of aromatic nitrogens is 2. The molecule has 0 unspecified atom stereocenters. The van der Waals surface area contributed by atoms with Gasteiger partial charge in [-0.3, -0.25) is 15.1 Å². The Morgan fingerprint density at radius 1 is 1.03 bits per heavy atom. The number of pyridine rings is 1. The summed E-state index contributed by atoms with van der Waals surface area (Å²) < 4.78 is 12.5. The second kappa shape index (κ2) is 10.7. The van der Waals surface area contributed by atoms with Crippen molar-refractivity contribution in [3.63, 3.8) is 0 Å². The molecule has 1 aliphatic heterocycles. The molecule has 1 N–H and O–H groups in total. The molecular weight excluding hydrogens is 514 g/mol. The third-order valence-electron chi connectivity index (χ3n) is 7.12. The fraction of sp³-hybridized carbons (Fsp3) is 0.241. The average molecular weight is 544 g/mol. The quantitative estimate of drug-likeness (QED) is 0.175. The van der Waals surface area contributed by atoms with Crippen LogP contribution < -0.4 is 14.8 Å². The minimum Gasteiger partial charge on any atom is -0.497 e. The highest BCUT2D eigenvalue weighted by molar-refractivity contribution is 7.80. The van der Waals surface area contributed by atoms with Crippen LogP contribution in [0.25, 0.3) is 5.69 Å². The van der Waals surface area contributed by atoms with Gasteiger partial charge in [0.05, 0.1) is 43.0 Å². The van der Waals surface area contributed by atoms with E-state index in [9.17, 15) is 10.1 Å². The molecule has 10 heteroatoms. The zero-order chi connectivity index (χ0) is 27.7. The number of thiocarbonyl (C=S) groups is 1. The van der Waals surface area contributed by atoms with E-state index in [1.165, 1.54) is 13.2 Å². The van der Waals surface area contributed by atoms with E-state index in [4.69, 9.17) is 21.7 Å². The third kappa shape index (κ3) is 4.90. The van der Waals surface area contributed by atoms with E-state index in [0.29, 0.717) is 23.1 Å². The van der Waals surface area contributed by atoms with E-state index in [2.05, 4.69) is 21.3 Å². The number of nitrogens with one attached hydrogen (secondary N) is 1. The van der Waals surface area contributed by atoms with Gasteiger partial charge in [-0.2, -0.15) is 0 Å².